The number of nitrogens with zero attached hydrogens (tertiary/aromatic N) is 4. The molecule has 0 saturated carbocycles. The van der Waals surface area contributed by atoms with Crippen LogP contribution in [0.15, 0.2) is 12.1 Å². The van der Waals surface area contributed by atoms with E-state index in [4.69, 9.17) is 0 Å². The van der Waals surface area contributed by atoms with Gasteiger partial charge >= 0.3 is 12.1 Å². The summed E-state index contributed by atoms with van der Waals surface area (Å²) in [5, 5.41) is 52.8. The lowest BCUT2D eigenvalue weighted by molar-refractivity contribution is -0.259. The Morgan fingerprint density at radius 3 is 1.39 bits per heavy atom. The number of rotatable bonds is 10. The van der Waals surface area contributed by atoms with Gasteiger partial charge in [-0.3, -0.25) is 29.2 Å². The lowest BCUT2D eigenvalue weighted by atomic mass is 9.69. The lowest BCUT2D eigenvalue weighted by Crippen LogP contribution is -2.68. The second-order valence-corrected chi connectivity index (χ2v) is 18.3. The van der Waals surface area contributed by atoms with E-state index in [0.717, 1.165) is 15.9 Å². The fourth-order valence-electron chi connectivity index (χ4n) is 9.91. The molecular formula is C38H54N6O10-2. The monoisotopic (exact) mass is 754 g/mol. The van der Waals surface area contributed by atoms with Crippen LogP contribution in [0.25, 0.3) is 0 Å². The number of urea groups is 2. The molecule has 16 heteroatoms. The summed E-state index contributed by atoms with van der Waals surface area (Å²) in [6.07, 6.45) is -2.68. The second-order valence-electron chi connectivity index (χ2n) is 18.3. The van der Waals surface area contributed by atoms with Gasteiger partial charge in [0.1, 0.15) is 11.1 Å². The quantitative estimate of drug-likeness (QED) is 0.219. The topological polar surface area (TPSA) is 226 Å². The van der Waals surface area contributed by atoms with Crippen LogP contribution in [-0.4, -0.2) is 138 Å². The van der Waals surface area contributed by atoms with Gasteiger partial charge in [-0.1, -0.05) is 12.1 Å². The van der Waals surface area contributed by atoms with Gasteiger partial charge < -0.3 is 40.6 Å². The highest BCUT2D eigenvalue weighted by Gasteiger charge is 2.62. The van der Waals surface area contributed by atoms with Crippen molar-refractivity contribution in [2.24, 2.45) is 0 Å². The number of hydrogen-bond donors (Lipinski definition) is 4. The second kappa shape index (κ2) is 13.3. The van der Waals surface area contributed by atoms with Crippen LogP contribution in [0.5, 0.6) is 0 Å². The lowest BCUT2D eigenvalue weighted by Gasteiger charge is -2.56. The minimum atomic E-state index is -1.89. The summed E-state index contributed by atoms with van der Waals surface area (Å²) in [5.74, 6) is -4.75. The molecule has 6 amide bonds. The number of likely N-dealkylation sites (tertiary alicyclic amines) is 2. The third-order valence-electron chi connectivity index (χ3n) is 12.6. The highest BCUT2D eigenvalue weighted by Crippen LogP contribution is 2.46. The van der Waals surface area contributed by atoms with Crippen molar-refractivity contribution in [1.82, 2.24) is 30.2 Å². The maximum atomic E-state index is 13.9. The predicted molar refractivity (Wildman–Crippen MR) is 191 cm³/mol. The number of carboxylic acid groups (broad SMARTS) is 2. The zero-order valence-corrected chi connectivity index (χ0v) is 32.9. The predicted octanol–water partition coefficient (Wildman–Crippen LogP) is -0.633. The Hall–Kier alpha value is -4.12. The standard InChI is InChI=1S/C38H56N6O10/c1-33(2)17-37(18-34(3,4)41(33)9)29(51)43(31(53)39-37)15-22(45)13-21-11-12-24(27(47)48)26(28(49)50)25(21)14-23(46)16-44-30(52)38(40-32(44)54)19-35(5,6)42(10)36(7,8)20-38/h11-12,22-23,45-46H,13-20H2,1-10H3,(H,39,53)(H,40,54)(H,47,48)(H,49,50)/p-2. The Morgan fingerprint density at radius 1 is 0.667 bits per heavy atom. The number of piperidine rings is 2. The molecule has 5 rings (SSSR count). The summed E-state index contributed by atoms with van der Waals surface area (Å²) in [7, 11) is 3.91. The number of carbonyl (C=O) groups is 6. The summed E-state index contributed by atoms with van der Waals surface area (Å²) in [6, 6.07) is 0.826. The third-order valence-corrected chi connectivity index (χ3v) is 12.6. The zero-order chi connectivity index (χ0) is 40.7. The normalized spacial score (nSPS) is 25.2. The highest BCUT2D eigenvalue weighted by molar-refractivity contribution is 6.08. The van der Waals surface area contributed by atoms with Crippen LogP contribution in [-0.2, 0) is 22.4 Å². The molecule has 2 atom stereocenters. The Morgan fingerprint density at radius 2 is 1.04 bits per heavy atom. The Kier molecular flexibility index (Phi) is 10.1. The molecule has 4 N–H and O–H groups in total. The Balaban J connectivity index is 1.38. The van der Waals surface area contributed by atoms with E-state index in [2.05, 4.69) is 20.4 Å². The SMILES string of the molecule is CN1C(C)(C)CC2(CC1(C)C)NC(=O)N(CC(O)Cc1ccc(C(=O)[O-])c(C(=O)[O-])c1CC(O)CN1C(=O)NC3(CC(C)(C)N(C)C(C)(C)C3)C1=O)C2=O. The van der Waals surface area contributed by atoms with Gasteiger partial charge in [-0.15, -0.1) is 0 Å². The van der Waals surface area contributed by atoms with Gasteiger partial charge in [0.15, 0.2) is 0 Å². The molecule has 0 radical (unpaired) electrons. The number of imide groups is 2. The molecule has 0 aliphatic carbocycles. The molecule has 2 spiro atoms. The van der Waals surface area contributed by atoms with Crippen molar-refractivity contribution < 1.29 is 49.2 Å². The number of benzene rings is 1. The van der Waals surface area contributed by atoms with Gasteiger partial charge in [-0.2, -0.15) is 0 Å². The summed E-state index contributed by atoms with van der Waals surface area (Å²) in [4.78, 5) is 84.9. The minimum absolute atomic E-state index is 0.0848. The van der Waals surface area contributed by atoms with Gasteiger partial charge in [-0.25, -0.2) is 9.59 Å². The maximum Gasteiger partial charge on any atom is 0.325 e. The van der Waals surface area contributed by atoms with Crippen molar-refractivity contribution in [1.29, 1.82) is 0 Å². The van der Waals surface area contributed by atoms with E-state index in [1.165, 1.54) is 6.07 Å². The van der Waals surface area contributed by atoms with Gasteiger partial charge in [-0.05, 0) is 106 Å². The van der Waals surface area contributed by atoms with Crippen molar-refractivity contribution in [3.8, 4) is 0 Å². The van der Waals surface area contributed by atoms with E-state index < -0.39 is 112 Å². The molecule has 298 valence electrons. The molecule has 16 nitrogen and oxygen atoms in total. The van der Waals surface area contributed by atoms with Crippen molar-refractivity contribution in [2.45, 2.75) is 139 Å². The number of nitrogens with one attached hydrogen (secondary N) is 2. The fraction of sp³-hybridized carbons (Fsp3) is 0.684. The molecule has 4 fully saturated rings. The van der Waals surface area contributed by atoms with Crippen molar-refractivity contribution >= 4 is 35.8 Å². The first-order valence-corrected chi connectivity index (χ1v) is 18.3. The molecule has 1 aromatic rings. The number of carbonyl (C=O) groups excluding carboxylic acids is 6. The Labute approximate surface area is 315 Å². The third kappa shape index (κ3) is 6.97. The first kappa shape index (κ1) is 41.1. The van der Waals surface area contributed by atoms with E-state index in [9.17, 15) is 49.2 Å². The van der Waals surface area contributed by atoms with Gasteiger partial charge in [0.2, 0.25) is 0 Å². The van der Waals surface area contributed by atoms with Crippen LogP contribution < -0.4 is 20.8 Å². The van der Waals surface area contributed by atoms with Crippen LogP contribution in [0.3, 0.4) is 0 Å². The fourth-order valence-corrected chi connectivity index (χ4v) is 9.91. The largest absolute Gasteiger partial charge is 0.545 e. The van der Waals surface area contributed by atoms with Crippen LogP contribution in [0, 0.1) is 0 Å². The number of aliphatic hydroxyl groups excluding tert-OH is 2. The summed E-state index contributed by atoms with van der Waals surface area (Å²) >= 11 is 0. The number of carboxylic acids is 2. The van der Waals surface area contributed by atoms with E-state index >= 15 is 0 Å². The van der Waals surface area contributed by atoms with E-state index in [0.29, 0.717) is 25.7 Å². The van der Waals surface area contributed by atoms with Crippen molar-refractivity contribution in [2.75, 3.05) is 27.2 Å². The van der Waals surface area contributed by atoms with E-state index in [1.807, 2.05) is 69.5 Å². The molecule has 1 aromatic carbocycles. The van der Waals surface area contributed by atoms with E-state index in [-0.39, 0.29) is 17.5 Å². The molecule has 4 aliphatic heterocycles. The molecule has 0 aromatic heterocycles. The Bertz CT molecular complexity index is 1750. The van der Waals surface area contributed by atoms with Gasteiger partial charge in [0.05, 0.1) is 37.2 Å². The summed E-state index contributed by atoms with van der Waals surface area (Å²) in [5.41, 5.74) is -6.00. The number of β-amino-alcohol motifs (C(OH)–C–C–N with tert-alkyl or cyclic N) is 2. The first-order valence-electron chi connectivity index (χ1n) is 18.3. The van der Waals surface area contributed by atoms with Crippen molar-refractivity contribution in [3.05, 3.63) is 34.4 Å². The zero-order valence-electron chi connectivity index (χ0n) is 32.9. The number of amides is 6. The number of aliphatic hydroxyl groups is 2. The molecule has 4 heterocycles. The van der Waals surface area contributed by atoms with Crippen LogP contribution in [0.1, 0.15) is 113 Å². The summed E-state index contributed by atoms with van der Waals surface area (Å²) < 4.78 is 0. The molecule has 0 bridgehead atoms. The molecular weight excluding hydrogens is 700 g/mol. The van der Waals surface area contributed by atoms with Gasteiger partial charge in [0.25, 0.3) is 11.8 Å². The molecule has 54 heavy (non-hydrogen) atoms. The van der Waals surface area contributed by atoms with Crippen LogP contribution >= 0.6 is 0 Å². The molecule has 4 aliphatic rings. The molecule has 4 saturated heterocycles. The van der Waals surface area contributed by atoms with E-state index in [1.54, 1.807) is 0 Å². The smallest absolute Gasteiger partial charge is 0.325 e. The number of aromatic carboxylic acids is 2. The highest BCUT2D eigenvalue weighted by atomic mass is 16.4. The van der Waals surface area contributed by atoms with Crippen molar-refractivity contribution in [3.63, 3.8) is 0 Å². The molecule has 2 unspecified atom stereocenters. The van der Waals surface area contributed by atoms with Gasteiger partial charge in [0, 0.05) is 46.1 Å². The van der Waals surface area contributed by atoms with Crippen LogP contribution in [0.2, 0.25) is 0 Å². The number of hydrogen-bond acceptors (Lipinski definition) is 12. The summed E-state index contributed by atoms with van der Waals surface area (Å²) in [6.45, 7) is 14.8. The first-order chi connectivity index (χ1) is 24.6. The average molecular weight is 755 g/mol. The minimum Gasteiger partial charge on any atom is -0.545 e. The van der Waals surface area contributed by atoms with Crippen LogP contribution in [0.4, 0.5) is 9.59 Å². The maximum absolute atomic E-state index is 13.9. The average Bonchev–Trinajstić information content (AvgIpc) is 3.36.